The third-order valence-corrected chi connectivity index (χ3v) is 2.71. The van der Waals surface area contributed by atoms with Crippen LogP contribution in [0.1, 0.15) is 18.5 Å². The Labute approximate surface area is 98.6 Å². The van der Waals surface area contributed by atoms with Crippen molar-refractivity contribution in [2.24, 2.45) is 0 Å². The zero-order valence-corrected chi connectivity index (χ0v) is 10.5. The first-order chi connectivity index (χ1) is 7.15. The molecule has 0 aliphatic carbocycles. The normalized spacial score (nSPS) is 12.7. The maximum Gasteiger partial charge on any atom is 0.120 e. The molecule has 0 amide bonds. The molecule has 0 saturated heterocycles. The van der Waals surface area contributed by atoms with Crippen molar-refractivity contribution >= 4 is 15.9 Å². The predicted molar refractivity (Wildman–Crippen MR) is 64.1 cm³/mol. The number of halogens is 1. The molecule has 3 nitrogen and oxygen atoms in total. The maximum atomic E-state index is 9.67. The summed E-state index contributed by atoms with van der Waals surface area (Å²) in [5.41, 5.74) is 0.889. The molecule has 1 aromatic rings. The number of hydrogen-bond donors (Lipinski definition) is 2. The lowest BCUT2D eigenvalue weighted by Crippen LogP contribution is -2.22. The summed E-state index contributed by atoms with van der Waals surface area (Å²) in [6.45, 7) is 3.44. The van der Waals surface area contributed by atoms with Gasteiger partial charge in [-0.2, -0.15) is 0 Å². The van der Waals surface area contributed by atoms with Gasteiger partial charge in [-0.1, -0.05) is 15.9 Å². The number of ether oxygens (including phenoxy) is 1. The number of rotatable bonds is 5. The van der Waals surface area contributed by atoms with Crippen LogP contribution in [0.5, 0.6) is 5.75 Å². The summed E-state index contributed by atoms with van der Waals surface area (Å²) in [4.78, 5) is 0. The molecule has 0 bridgehead atoms. The average molecular weight is 274 g/mol. The van der Waals surface area contributed by atoms with Crippen molar-refractivity contribution in [1.29, 1.82) is 0 Å². The Bertz CT molecular complexity index is 317. The van der Waals surface area contributed by atoms with Crippen molar-refractivity contribution in [1.82, 2.24) is 5.32 Å². The second-order valence-electron chi connectivity index (χ2n) is 3.37. The summed E-state index contributed by atoms with van der Waals surface area (Å²) < 4.78 is 5.92. The van der Waals surface area contributed by atoms with E-state index in [1.807, 2.05) is 19.1 Å². The van der Waals surface area contributed by atoms with Crippen molar-refractivity contribution in [3.05, 3.63) is 28.2 Å². The Morgan fingerprint density at radius 3 is 2.93 bits per heavy atom. The van der Waals surface area contributed by atoms with Crippen LogP contribution in [0.3, 0.4) is 0 Å². The molecule has 0 radical (unpaired) electrons. The van der Waals surface area contributed by atoms with E-state index >= 15 is 0 Å². The Hall–Kier alpha value is -0.580. The largest absolute Gasteiger partial charge is 0.508 e. The van der Waals surface area contributed by atoms with Crippen LogP contribution in [0.15, 0.2) is 22.7 Å². The highest BCUT2D eigenvalue weighted by Gasteiger charge is 2.09. The van der Waals surface area contributed by atoms with Gasteiger partial charge < -0.3 is 15.2 Å². The number of phenols is 1. The van der Waals surface area contributed by atoms with Crippen LogP contribution in [-0.2, 0) is 4.74 Å². The van der Waals surface area contributed by atoms with E-state index in [9.17, 15) is 5.11 Å². The molecule has 0 fully saturated rings. The number of nitrogens with one attached hydrogen (secondary N) is 1. The smallest absolute Gasteiger partial charge is 0.120 e. The summed E-state index contributed by atoms with van der Waals surface area (Å²) in [6, 6.07) is 5.53. The third-order valence-electron chi connectivity index (χ3n) is 2.21. The van der Waals surface area contributed by atoms with Crippen LogP contribution < -0.4 is 5.32 Å². The Morgan fingerprint density at radius 1 is 1.53 bits per heavy atom. The minimum atomic E-state index is 0.109. The van der Waals surface area contributed by atoms with Crippen molar-refractivity contribution < 1.29 is 9.84 Å². The Balaban J connectivity index is 2.64. The van der Waals surface area contributed by atoms with E-state index in [2.05, 4.69) is 21.2 Å². The maximum absolute atomic E-state index is 9.67. The fraction of sp³-hybridized carbons (Fsp3) is 0.455. The molecule has 0 heterocycles. The lowest BCUT2D eigenvalue weighted by atomic mass is 10.1. The van der Waals surface area contributed by atoms with Gasteiger partial charge in [0.2, 0.25) is 0 Å². The molecule has 1 aromatic carbocycles. The number of methoxy groups -OCH3 is 1. The van der Waals surface area contributed by atoms with Crippen molar-refractivity contribution in [3.63, 3.8) is 0 Å². The number of benzene rings is 1. The lowest BCUT2D eigenvalue weighted by Gasteiger charge is -2.15. The fourth-order valence-corrected chi connectivity index (χ4v) is 1.74. The summed E-state index contributed by atoms with van der Waals surface area (Å²) in [5.74, 6) is 0.315. The topological polar surface area (TPSA) is 41.5 Å². The molecule has 84 valence electrons. The van der Waals surface area contributed by atoms with Gasteiger partial charge in [-0.15, -0.1) is 0 Å². The molecule has 15 heavy (non-hydrogen) atoms. The second kappa shape index (κ2) is 6.10. The monoisotopic (exact) mass is 273 g/mol. The average Bonchev–Trinajstić information content (AvgIpc) is 2.22. The molecule has 1 atom stereocenters. The summed E-state index contributed by atoms with van der Waals surface area (Å²) in [5, 5.41) is 12.9. The van der Waals surface area contributed by atoms with Gasteiger partial charge in [0.05, 0.1) is 6.61 Å². The molecule has 2 N–H and O–H groups in total. The molecular formula is C11H16BrNO2. The molecule has 0 saturated carbocycles. The third kappa shape index (κ3) is 3.81. The van der Waals surface area contributed by atoms with Gasteiger partial charge in [0.1, 0.15) is 5.75 Å². The van der Waals surface area contributed by atoms with Crippen molar-refractivity contribution in [3.8, 4) is 5.75 Å². The zero-order valence-electron chi connectivity index (χ0n) is 8.96. The molecule has 0 aliphatic heterocycles. The molecular weight excluding hydrogens is 258 g/mol. The van der Waals surface area contributed by atoms with Gasteiger partial charge >= 0.3 is 0 Å². The van der Waals surface area contributed by atoms with Crippen LogP contribution in [0, 0.1) is 0 Å². The lowest BCUT2D eigenvalue weighted by molar-refractivity contribution is 0.196. The van der Waals surface area contributed by atoms with Crippen LogP contribution in [-0.4, -0.2) is 25.4 Å². The standard InChI is InChI=1S/C11H16BrNO2/c1-8(13-5-6-15-2)10-7-9(12)3-4-11(10)14/h3-4,7-8,13-14H,5-6H2,1-2H3. The Morgan fingerprint density at radius 2 is 2.27 bits per heavy atom. The summed E-state index contributed by atoms with van der Waals surface area (Å²) >= 11 is 3.38. The quantitative estimate of drug-likeness (QED) is 0.810. The first kappa shape index (κ1) is 12.5. The first-order valence-corrected chi connectivity index (χ1v) is 5.65. The molecule has 1 rings (SSSR count). The van der Waals surface area contributed by atoms with Crippen LogP contribution in [0.25, 0.3) is 0 Å². The van der Waals surface area contributed by atoms with Gasteiger partial charge in [-0.3, -0.25) is 0 Å². The van der Waals surface area contributed by atoms with E-state index in [1.165, 1.54) is 0 Å². The first-order valence-electron chi connectivity index (χ1n) is 4.86. The van der Waals surface area contributed by atoms with Crippen molar-refractivity contribution in [2.75, 3.05) is 20.3 Å². The van der Waals surface area contributed by atoms with Gasteiger partial charge in [0.25, 0.3) is 0 Å². The van der Waals surface area contributed by atoms with Crippen molar-refractivity contribution in [2.45, 2.75) is 13.0 Å². The fourth-order valence-electron chi connectivity index (χ4n) is 1.36. The van der Waals surface area contributed by atoms with Crippen LogP contribution in [0.4, 0.5) is 0 Å². The van der Waals surface area contributed by atoms with Gasteiger partial charge in [-0.05, 0) is 25.1 Å². The summed E-state index contributed by atoms with van der Waals surface area (Å²) in [6.07, 6.45) is 0. The predicted octanol–water partition coefficient (Wildman–Crippen LogP) is 2.45. The Kier molecular flexibility index (Phi) is 5.08. The van der Waals surface area contributed by atoms with E-state index in [-0.39, 0.29) is 6.04 Å². The highest BCUT2D eigenvalue weighted by atomic mass is 79.9. The van der Waals surface area contributed by atoms with Crippen LogP contribution >= 0.6 is 15.9 Å². The number of phenolic OH excluding ortho intramolecular Hbond substituents is 1. The highest BCUT2D eigenvalue weighted by Crippen LogP contribution is 2.27. The van der Waals surface area contributed by atoms with E-state index in [4.69, 9.17) is 4.74 Å². The molecule has 0 spiro atoms. The molecule has 0 aromatic heterocycles. The van der Waals surface area contributed by atoms with Crippen LogP contribution in [0.2, 0.25) is 0 Å². The number of aromatic hydroxyl groups is 1. The minimum Gasteiger partial charge on any atom is -0.508 e. The minimum absolute atomic E-state index is 0.109. The SMILES string of the molecule is COCCNC(C)c1cc(Br)ccc1O. The number of hydrogen-bond acceptors (Lipinski definition) is 3. The van der Waals surface area contributed by atoms with E-state index in [0.717, 1.165) is 16.6 Å². The molecule has 4 heteroatoms. The molecule has 1 unspecified atom stereocenters. The highest BCUT2D eigenvalue weighted by molar-refractivity contribution is 9.10. The van der Waals surface area contributed by atoms with E-state index < -0.39 is 0 Å². The van der Waals surface area contributed by atoms with E-state index in [0.29, 0.717) is 12.4 Å². The van der Waals surface area contributed by atoms with E-state index in [1.54, 1.807) is 13.2 Å². The van der Waals surface area contributed by atoms with Gasteiger partial charge in [0, 0.05) is 29.7 Å². The zero-order chi connectivity index (χ0) is 11.3. The summed E-state index contributed by atoms with van der Waals surface area (Å²) in [7, 11) is 1.67. The molecule has 0 aliphatic rings. The van der Waals surface area contributed by atoms with Gasteiger partial charge in [-0.25, -0.2) is 0 Å². The van der Waals surface area contributed by atoms with Gasteiger partial charge in [0.15, 0.2) is 0 Å². The second-order valence-corrected chi connectivity index (χ2v) is 4.29.